The number of rotatable bonds is 6. The number of esters is 1. The van der Waals surface area contributed by atoms with Gasteiger partial charge in [0.15, 0.2) is 6.10 Å². The Morgan fingerprint density at radius 2 is 1.37 bits per heavy atom. The molecule has 0 aliphatic carbocycles. The number of carboxylic acids is 2. The fourth-order valence-electron chi connectivity index (χ4n) is 0.619. The van der Waals surface area contributed by atoms with Gasteiger partial charge in [0.2, 0.25) is 0 Å². The molecule has 0 radical (unpaired) electrons. The number of hydrogen-bond acceptors (Lipinski definition) is 7. The summed E-state index contributed by atoms with van der Waals surface area (Å²) in [5, 5.41) is 40.3. The van der Waals surface area contributed by atoms with Crippen LogP contribution in [0.2, 0.25) is 0 Å². The van der Waals surface area contributed by atoms with Crippen LogP contribution in [0, 0.1) is 0 Å². The van der Waals surface area contributed by atoms with E-state index in [1.54, 1.807) is 0 Å². The van der Waals surface area contributed by atoms with E-state index in [1.807, 2.05) is 0 Å². The van der Waals surface area contributed by atoms with E-state index in [0.717, 1.165) is 0 Å². The highest BCUT2D eigenvalue weighted by atomic mass is 16.7. The van der Waals surface area contributed by atoms with Crippen LogP contribution in [0.3, 0.4) is 0 Å². The van der Waals surface area contributed by atoms with Gasteiger partial charge in [-0.2, -0.15) is 0 Å². The number of carbonyl (C=O) groups excluding carboxylic acids is 1. The lowest BCUT2D eigenvalue weighted by molar-refractivity contribution is -0.150. The van der Waals surface area contributed by atoms with E-state index in [1.165, 1.54) is 0 Å². The Balaban J connectivity index is 0. The van der Waals surface area contributed by atoms with Gasteiger partial charge in [0, 0.05) is 12.8 Å². The maximum Gasteiger partial charge on any atom is 0.513 e. The van der Waals surface area contributed by atoms with E-state index in [2.05, 4.69) is 4.74 Å². The van der Waals surface area contributed by atoms with Gasteiger partial charge < -0.3 is 30.3 Å². The van der Waals surface area contributed by atoms with Gasteiger partial charge in [-0.25, -0.2) is 9.59 Å². The smallest absolute Gasteiger partial charge is 0.481 e. The predicted molar refractivity (Wildman–Crippen MR) is 56.3 cm³/mol. The molecule has 0 spiro atoms. The fraction of sp³-hybridized carbons (Fsp3) is 0.556. The van der Waals surface area contributed by atoms with E-state index in [0.29, 0.717) is 0 Å². The van der Waals surface area contributed by atoms with Crippen LogP contribution in [0.4, 0.5) is 4.79 Å². The van der Waals surface area contributed by atoms with Crippen molar-refractivity contribution in [1.29, 1.82) is 0 Å². The summed E-state index contributed by atoms with van der Waals surface area (Å²) < 4.78 is 3.47. The summed E-state index contributed by atoms with van der Waals surface area (Å²) in [7, 11) is 0. The lowest BCUT2D eigenvalue weighted by Crippen LogP contribution is -2.28. The van der Waals surface area contributed by atoms with Crippen molar-refractivity contribution < 1.29 is 49.4 Å². The molecule has 19 heavy (non-hydrogen) atoms. The third kappa shape index (κ3) is 15.8. The molecule has 5 N–H and O–H groups in total. The summed E-state index contributed by atoms with van der Waals surface area (Å²) in [5.41, 5.74) is 0. The molecule has 1 atom stereocenters. The van der Waals surface area contributed by atoms with Gasteiger partial charge in [0.05, 0.1) is 6.61 Å². The van der Waals surface area contributed by atoms with Gasteiger partial charge in [0.1, 0.15) is 0 Å². The number of hydrogen-bond donors (Lipinski definition) is 5. The van der Waals surface area contributed by atoms with Crippen LogP contribution in [0.1, 0.15) is 19.3 Å². The molecule has 0 aliphatic rings. The molecule has 0 saturated carbocycles. The maximum absolute atomic E-state index is 10.2. The Hall–Kier alpha value is -2.20. The molecule has 0 saturated heterocycles. The van der Waals surface area contributed by atoms with E-state index in [9.17, 15) is 19.2 Å². The van der Waals surface area contributed by atoms with Crippen molar-refractivity contribution >= 4 is 24.1 Å². The third-order valence-electron chi connectivity index (χ3n) is 1.41. The Labute approximate surface area is 106 Å². The van der Waals surface area contributed by atoms with Gasteiger partial charge in [-0.3, -0.25) is 9.59 Å². The zero-order valence-electron chi connectivity index (χ0n) is 9.68. The van der Waals surface area contributed by atoms with Crippen LogP contribution in [-0.2, 0) is 19.1 Å². The second-order valence-electron chi connectivity index (χ2n) is 3.03. The zero-order chi connectivity index (χ0) is 15.4. The molecule has 0 fully saturated rings. The van der Waals surface area contributed by atoms with Crippen molar-refractivity contribution in [3.8, 4) is 0 Å². The molecular formula is C9H14O10. The fourth-order valence-corrected chi connectivity index (χ4v) is 0.619. The largest absolute Gasteiger partial charge is 0.513 e. The van der Waals surface area contributed by atoms with E-state index < -0.39 is 36.8 Å². The van der Waals surface area contributed by atoms with Crippen molar-refractivity contribution in [2.75, 3.05) is 6.61 Å². The number of ether oxygens (including phenoxy) is 1. The second-order valence-corrected chi connectivity index (χ2v) is 3.03. The van der Waals surface area contributed by atoms with E-state index in [-0.39, 0.29) is 19.3 Å². The summed E-state index contributed by atoms with van der Waals surface area (Å²) >= 11 is 0. The van der Waals surface area contributed by atoms with Crippen molar-refractivity contribution in [3.63, 3.8) is 0 Å². The van der Waals surface area contributed by atoms with Crippen LogP contribution in [0.15, 0.2) is 0 Å². The van der Waals surface area contributed by atoms with Crippen molar-refractivity contribution in [3.05, 3.63) is 0 Å². The first-order chi connectivity index (χ1) is 8.70. The first kappa shape index (κ1) is 19.1. The molecule has 0 aromatic rings. The van der Waals surface area contributed by atoms with Gasteiger partial charge in [-0.15, -0.1) is 0 Å². The minimum absolute atomic E-state index is 0.0632. The summed E-state index contributed by atoms with van der Waals surface area (Å²) in [5.74, 6) is -3.28. The highest BCUT2D eigenvalue weighted by Gasteiger charge is 2.17. The SMILES string of the molecule is O=C(O)CCCC(=O)O.O=C(O)OC(=O)C(O)CO. The molecule has 110 valence electrons. The predicted octanol–water partition coefficient (Wildman–Crippen LogP) is -1.11. The average Bonchev–Trinajstić information content (AvgIpc) is 2.26. The second kappa shape index (κ2) is 10.9. The molecule has 1 unspecified atom stereocenters. The highest BCUT2D eigenvalue weighted by molar-refractivity contribution is 5.83. The first-order valence-corrected chi connectivity index (χ1v) is 4.87. The lowest BCUT2D eigenvalue weighted by Gasteiger charge is -2.01. The molecule has 0 aromatic carbocycles. The number of carbonyl (C=O) groups is 4. The Kier molecular flexibility index (Phi) is 11.0. The Bertz CT molecular complexity index is 309. The normalized spacial score (nSPS) is 10.6. The zero-order valence-corrected chi connectivity index (χ0v) is 9.68. The molecule has 0 rings (SSSR count). The summed E-state index contributed by atoms with van der Waals surface area (Å²) in [6.45, 7) is -0.855. The molecule has 0 aromatic heterocycles. The molecule has 10 heteroatoms. The molecular weight excluding hydrogens is 268 g/mol. The maximum atomic E-state index is 10.2. The summed E-state index contributed by atoms with van der Waals surface area (Å²) in [6.07, 6.45) is -3.50. The van der Waals surface area contributed by atoms with Gasteiger partial charge >= 0.3 is 24.1 Å². The van der Waals surface area contributed by atoms with E-state index >= 15 is 0 Å². The number of carboxylic acid groups (broad SMARTS) is 3. The van der Waals surface area contributed by atoms with Crippen LogP contribution in [0.25, 0.3) is 0 Å². The first-order valence-electron chi connectivity index (χ1n) is 4.87. The van der Waals surface area contributed by atoms with Gasteiger partial charge in [-0.05, 0) is 6.42 Å². The highest BCUT2D eigenvalue weighted by Crippen LogP contribution is 1.93. The molecule has 0 aliphatic heterocycles. The molecule has 0 amide bonds. The van der Waals surface area contributed by atoms with Crippen molar-refractivity contribution in [2.45, 2.75) is 25.4 Å². The Morgan fingerprint density at radius 3 is 1.63 bits per heavy atom. The number of aliphatic hydroxyl groups is 2. The number of aliphatic carboxylic acids is 2. The van der Waals surface area contributed by atoms with Gasteiger partial charge in [0.25, 0.3) is 0 Å². The summed E-state index contributed by atoms with van der Waals surface area (Å²) in [4.78, 5) is 39.3. The minimum atomic E-state index is -1.81. The van der Waals surface area contributed by atoms with Crippen LogP contribution < -0.4 is 0 Å². The number of aliphatic hydroxyl groups excluding tert-OH is 2. The standard InChI is InChI=1S/C5H8O4.C4H6O6/c6-4(7)2-1-3-5(8)9;5-1-2(6)3(7)10-4(8)9/h1-3H2,(H,6,7)(H,8,9);2,5-6H,1H2,(H,8,9). The monoisotopic (exact) mass is 282 g/mol. The molecule has 10 nitrogen and oxygen atoms in total. The molecule has 0 bridgehead atoms. The lowest BCUT2D eigenvalue weighted by atomic mass is 10.2. The third-order valence-corrected chi connectivity index (χ3v) is 1.41. The van der Waals surface area contributed by atoms with Crippen molar-refractivity contribution in [1.82, 2.24) is 0 Å². The average molecular weight is 282 g/mol. The van der Waals surface area contributed by atoms with Crippen LogP contribution in [-0.4, -0.2) is 62.3 Å². The molecule has 0 heterocycles. The Morgan fingerprint density at radius 1 is 0.947 bits per heavy atom. The van der Waals surface area contributed by atoms with Crippen LogP contribution in [0.5, 0.6) is 0 Å². The summed E-state index contributed by atoms with van der Waals surface area (Å²) in [6, 6.07) is 0. The quantitative estimate of drug-likeness (QED) is 0.296. The van der Waals surface area contributed by atoms with Crippen molar-refractivity contribution in [2.24, 2.45) is 0 Å². The van der Waals surface area contributed by atoms with Gasteiger partial charge in [-0.1, -0.05) is 0 Å². The van der Waals surface area contributed by atoms with E-state index in [4.69, 9.17) is 25.5 Å². The topological polar surface area (TPSA) is 179 Å². The minimum Gasteiger partial charge on any atom is -0.481 e. The van der Waals surface area contributed by atoms with Crippen LogP contribution >= 0.6 is 0 Å².